The fraction of sp³-hybridized carbons (Fsp3) is 0.312. The number of thiophene rings is 1. The summed E-state index contributed by atoms with van der Waals surface area (Å²) in [7, 11) is 0. The second-order valence-corrected chi connectivity index (χ2v) is 7.58. The first-order valence-electron chi connectivity index (χ1n) is 6.95. The summed E-state index contributed by atoms with van der Waals surface area (Å²) in [6.45, 7) is 4.33. The number of nitrogens with one attached hydrogen (secondary N) is 1. The van der Waals surface area contributed by atoms with Gasteiger partial charge < -0.3 is 5.32 Å². The number of fused-ring (bicyclic) bond motifs is 1. The third kappa shape index (κ3) is 3.64. The minimum Gasteiger partial charge on any atom is -0.325 e. The van der Waals surface area contributed by atoms with Gasteiger partial charge in [-0.15, -0.1) is 11.3 Å². The van der Waals surface area contributed by atoms with Crippen molar-refractivity contribution in [3.05, 3.63) is 49.2 Å². The van der Waals surface area contributed by atoms with Gasteiger partial charge in [-0.25, -0.2) is 0 Å². The van der Waals surface area contributed by atoms with Crippen LogP contribution in [0.25, 0.3) is 0 Å². The molecule has 0 fully saturated rings. The highest BCUT2D eigenvalue weighted by Gasteiger charge is 2.19. The molecular weight excluding hydrogens is 395 g/mol. The van der Waals surface area contributed by atoms with E-state index in [0.717, 1.165) is 30.8 Å². The standard InChI is InChI=1S/C16H17IN2OS/c1-11-8-13(17)2-3-14(11)18-16(20)10-19-6-4-15-12(9-19)5-7-21-15/h2-3,5,7-8H,4,6,9-10H2,1H3,(H,18,20). The fourth-order valence-corrected chi connectivity index (χ4v) is 4.14. The first kappa shape index (κ1) is 15.0. The SMILES string of the molecule is Cc1cc(I)ccc1NC(=O)CN1CCc2sccc2C1. The normalized spacial score (nSPS) is 14.8. The number of halogens is 1. The Morgan fingerprint density at radius 2 is 2.29 bits per heavy atom. The molecule has 1 aromatic heterocycles. The van der Waals surface area contributed by atoms with Gasteiger partial charge in [-0.3, -0.25) is 9.69 Å². The van der Waals surface area contributed by atoms with Gasteiger partial charge in [0.15, 0.2) is 0 Å². The Hall–Kier alpha value is -0.920. The van der Waals surface area contributed by atoms with E-state index in [9.17, 15) is 4.79 Å². The van der Waals surface area contributed by atoms with E-state index in [4.69, 9.17) is 0 Å². The fourth-order valence-electron chi connectivity index (χ4n) is 2.60. The van der Waals surface area contributed by atoms with Gasteiger partial charge in [-0.2, -0.15) is 0 Å². The summed E-state index contributed by atoms with van der Waals surface area (Å²) in [4.78, 5) is 15.9. The van der Waals surface area contributed by atoms with E-state index >= 15 is 0 Å². The van der Waals surface area contributed by atoms with Crippen molar-refractivity contribution in [2.75, 3.05) is 18.4 Å². The summed E-state index contributed by atoms with van der Waals surface area (Å²) in [5.74, 6) is 0.0676. The van der Waals surface area contributed by atoms with E-state index in [1.807, 2.05) is 30.4 Å². The number of aryl methyl sites for hydroxylation is 1. The van der Waals surface area contributed by atoms with Crippen molar-refractivity contribution in [1.29, 1.82) is 0 Å². The van der Waals surface area contributed by atoms with Crippen LogP contribution in [-0.2, 0) is 17.8 Å². The van der Waals surface area contributed by atoms with Crippen molar-refractivity contribution in [2.45, 2.75) is 19.9 Å². The van der Waals surface area contributed by atoms with Crippen LogP contribution in [0.5, 0.6) is 0 Å². The molecule has 0 unspecified atom stereocenters. The molecule has 1 aromatic carbocycles. The average Bonchev–Trinajstić information content (AvgIpc) is 2.89. The molecule has 2 aromatic rings. The predicted molar refractivity (Wildman–Crippen MR) is 95.8 cm³/mol. The third-order valence-corrected chi connectivity index (χ3v) is 5.41. The molecule has 2 heterocycles. The lowest BCUT2D eigenvalue weighted by Gasteiger charge is -2.26. The van der Waals surface area contributed by atoms with Crippen LogP contribution in [0, 0.1) is 10.5 Å². The molecule has 3 nitrogen and oxygen atoms in total. The summed E-state index contributed by atoms with van der Waals surface area (Å²) >= 11 is 4.10. The number of rotatable bonds is 3. The minimum atomic E-state index is 0.0676. The summed E-state index contributed by atoms with van der Waals surface area (Å²) < 4.78 is 1.18. The Balaban J connectivity index is 1.60. The van der Waals surface area contributed by atoms with Crippen LogP contribution in [0.4, 0.5) is 5.69 Å². The lowest BCUT2D eigenvalue weighted by Crippen LogP contribution is -2.36. The molecule has 5 heteroatoms. The summed E-state index contributed by atoms with van der Waals surface area (Å²) in [6, 6.07) is 8.24. The van der Waals surface area contributed by atoms with E-state index in [1.165, 1.54) is 14.0 Å². The largest absolute Gasteiger partial charge is 0.325 e. The summed E-state index contributed by atoms with van der Waals surface area (Å²) in [5, 5.41) is 5.16. The third-order valence-electron chi connectivity index (χ3n) is 3.72. The minimum absolute atomic E-state index is 0.0676. The molecule has 1 aliphatic heterocycles. The zero-order valence-electron chi connectivity index (χ0n) is 11.9. The highest BCUT2D eigenvalue weighted by molar-refractivity contribution is 14.1. The molecule has 0 atom stereocenters. The van der Waals surface area contributed by atoms with Gasteiger partial charge in [0.1, 0.15) is 0 Å². The van der Waals surface area contributed by atoms with Crippen LogP contribution >= 0.6 is 33.9 Å². The predicted octanol–water partition coefficient (Wildman–Crippen LogP) is 3.66. The maximum absolute atomic E-state index is 12.2. The van der Waals surface area contributed by atoms with E-state index in [-0.39, 0.29) is 5.91 Å². The lowest BCUT2D eigenvalue weighted by atomic mass is 10.1. The highest BCUT2D eigenvalue weighted by Crippen LogP contribution is 2.24. The number of carbonyl (C=O) groups is 1. The Kier molecular flexibility index (Phi) is 4.61. The second-order valence-electron chi connectivity index (χ2n) is 5.34. The monoisotopic (exact) mass is 412 g/mol. The van der Waals surface area contributed by atoms with Crippen LogP contribution in [0.2, 0.25) is 0 Å². The molecule has 0 saturated heterocycles. The highest BCUT2D eigenvalue weighted by atomic mass is 127. The summed E-state index contributed by atoms with van der Waals surface area (Å²) in [5.41, 5.74) is 3.40. The Labute approximate surface area is 142 Å². The number of nitrogens with zero attached hydrogens (tertiary/aromatic N) is 1. The van der Waals surface area contributed by atoms with Crippen molar-refractivity contribution >= 4 is 45.5 Å². The van der Waals surface area contributed by atoms with Gasteiger partial charge in [0.05, 0.1) is 6.54 Å². The first-order chi connectivity index (χ1) is 10.1. The number of hydrogen-bond acceptors (Lipinski definition) is 3. The summed E-state index contributed by atoms with van der Waals surface area (Å²) in [6.07, 6.45) is 1.06. The van der Waals surface area contributed by atoms with Crippen LogP contribution in [0.15, 0.2) is 29.6 Å². The van der Waals surface area contributed by atoms with Gasteiger partial charge >= 0.3 is 0 Å². The van der Waals surface area contributed by atoms with Crippen molar-refractivity contribution < 1.29 is 4.79 Å². The van der Waals surface area contributed by atoms with E-state index in [1.54, 1.807) is 0 Å². The molecule has 21 heavy (non-hydrogen) atoms. The average molecular weight is 412 g/mol. The van der Waals surface area contributed by atoms with Crippen molar-refractivity contribution in [3.8, 4) is 0 Å². The number of carbonyl (C=O) groups excluding carboxylic acids is 1. The maximum atomic E-state index is 12.2. The molecule has 0 radical (unpaired) electrons. The molecule has 3 rings (SSSR count). The molecule has 0 spiro atoms. The molecule has 0 bridgehead atoms. The molecule has 110 valence electrons. The van der Waals surface area contributed by atoms with E-state index in [0.29, 0.717) is 6.54 Å². The van der Waals surface area contributed by atoms with Gasteiger partial charge in [-0.1, -0.05) is 0 Å². The second kappa shape index (κ2) is 6.46. The van der Waals surface area contributed by atoms with Crippen molar-refractivity contribution in [3.63, 3.8) is 0 Å². The molecule has 1 N–H and O–H groups in total. The first-order valence-corrected chi connectivity index (χ1v) is 8.91. The molecule has 1 aliphatic rings. The Morgan fingerprint density at radius 1 is 1.43 bits per heavy atom. The van der Waals surface area contributed by atoms with Crippen LogP contribution in [0.1, 0.15) is 16.0 Å². The smallest absolute Gasteiger partial charge is 0.238 e. The molecule has 0 aliphatic carbocycles. The number of benzene rings is 1. The zero-order valence-corrected chi connectivity index (χ0v) is 14.8. The maximum Gasteiger partial charge on any atom is 0.238 e. The van der Waals surface area contributed by atoms with Gasteiger partial charge in [-0.05, 0) is 76.7 Å². The van der Waals surface area contributed by atoms with Gasteiger partial charge in [0.25, 0.3) is 0 Å². The Bertz CT molecular complexity index is 668. The topological polar surface area (TPSA) is 32.3 Å². The molecule has 0 saturated carbocycles. The van der Waals surface area contributed by atoms with Crippen LogP contribution in [-0.4, -0.2) is 23.9 Å². The quantitative estimate of drug-likeness (QED) is 0.781. The van der Waals surface area contributed by atoms with Gasteiger partial charge in [0, 0.05) is 27.2 Å². The Morgan fingerprint density at radius 3 is 3.10 bits per heavy atom. The van der Waals surface area contributed by atoms with E-state index < -0.39 is 0 Å². The van der Waals surface area contributed by atoms with Crippen molar-refractivity contribution in [2.24, 2.45) is 0 Å². The van der Waals surface area contributed by atoms with E-state index in [2.05, 4.69) is 50.3 Å². The van der Waals surface area contributed by atoms with Crippen LogP contribution in [0.3, 0.4) is 0 Å². The molecule has 1 amide bonds. The number of hydrogen-bond donors (Lipinski definition) is 1. The van der Waals surface area contributed by atoms with Crippen LogP contribution < -0.4 is 5.32 Å². The number of amides is 1. The lowest BCUT2D eigenvalue weighted by molar-refractivity contribution is -0.117. The van der Waals surface area contributed by atoms with Gasteiger partial charge in [0.2, 0.25) is 5.91 Å². The van der Waals surface area contributed by atoms with Crippen molar-refractivity contribution in [1.82, 2.24) is 4.90 Å². The zero-order chi connectivity index (χ0) is 14.8. The molecular formula is C16H17IN2OS. The number of anilines is 1.